The Morgan fingerprint density at radius 3 is 1.17 bits per heavy atom. The molecule has 0 saturated carbocycles. The van der Waals surface area contributed by atoms with Crippen molar-refractivity contribution in [3.8, 4) is 0 Å². The van der Waals surface area contributed by atoms with Gasteiger partial charge in [-0.2, -0.15) is 0 Å². The van der Waals surface area contributed by atoms with E-state index in [1.165, 1.54) is 43.0 Å². The molecule has 6 rings (SSSR count). The standard InChI is InChI=1S/C33H26ClP/c34-35(28-16-4-1-5-17-28,29-18-6-2-7-19-29,30-20-8-3-9-21-30)25-33-31-22-12-10-14-26(31)24-27-15-11-13-23-32(27)33/h1-24H,25H2. The molecule has 0 atom stereocenters. The van der Waals surface area contributed by atoms with Crippen LogP contribution in [0, 0.1) is 0 Å². The Bertz CT molecular complexity index is 1470. The summed E-state index contributed by atoms with van der Waals surface area (Å²) in [6.07, 6.45) is 0.729. The molecule has 6 aromatic rings. The molecular weight excluding hydrogens is 463 g/mol. The van der Waals surface area contributed by atoms with E-state index in [4.69, 9.17) is 11.2 Å². The Kier molecular flexibility index (Phi) is 5.45. The summed E-state index contributed by atoms with van der Waals surface area (Å²) in [5, 5.41) is 8.60. The molecule has 0 radical (unpaired) electrons. The van der Waals surface area contributed by atoms with E-state index in [2.05, 4.69) is 146 Å². The minimum absolute atomic E-state index is 0.729. The van der Waals surface area contributed by atoms with E-state index in [0.29, 0.717) is 0 Å². The van der Waals surface area contributed by atoms with Crippen LogP contribution < -0.4 is 15.9 Å². The summed E-state index contributed by atoms with van der Waals surface area (Å²) in [5.41, 5.74) is 1.31. The van der Waals surface area contributed by atoms with Gasteiger partial charge in [0, 0.05) is 0 Å². The van der Waals surface area contributed by atoms with Gasteiger partial charge in [-0.25, -0.2) is 0 Å². The normalized spacial score (nSPS) is 12.9. The van der Waals surface area contributed by atoms with Crippen LogP contribution in [0.1, 0.15) is 5.56 Å². The van der Waals surface area contributed by atoms with Gasteiger partial charge in [-0.1, -0.05) is 0 Å². The van der Waals surface area contributed by atoms with Gasteiger partial charge in [0.05, 0.1) is 0 Å². The molecule has 0 amide bonds. The molecule has 0 heterocycles. The quantitative estimate of drug-likeness (QED) is 0.169. The topological polar surface area (TPSA) is 0 Å². The van der Waals surface area contributed by atoms with Crippen molar-refractivity contribution in [1.82, 2.24) is 0 Å². The molecule has 0 aliphatic heterocycles. The molecule has 0 bridgehead atoms. The van der Waals surface area contributed by atoms with Gasteiger partial charge in [0.1, 0.15) is 0 Å². The van der Waals surface area contributed by atoms with E-state index < -0.39 is 5.96 Å². The fraction of sp³-hybridized carbons (Fsp3) is 0.0303. The van der Waals surface area contributed by atoms with Crippen LogP contribution in [-0.4, -0.2) is 0 Å². The van der Waals surface area contributed by atoms with Gasteiger partial charge in [-0.05, 0) is 0 Å². The molecule has 0 spiro atoms. The molecule has 0 aromatic heterocycles. The maximum absolute atomic E-state index is 8.44. The van der Waals surface area contributed by atoms with Crippen molar-refractivity contribution in [3.05, 3.63) is 151 Å². The number of hydrogen-bond donors (Lipinski definition) is 0. The van der Waals surface area contributed by atoms with E-state index in [0.717, 1.165) is 6.16 Å². The molecule has 6 aromatic carbocycles. The van der Waals surface area contributed by atoms with Gasteiger partial charge < -0.3 is 0 Å². The Hall–Kier alpha value is -3.44. The molecule has 0 aliphatic rings. The van der Waals surface area contributed by atoms with Gasteiger partial charge >= 0.3 is 212 Å². The van der Waals surface area contributed by atoms with Crippen LogP contribution >= 0.6 is 17.2 Å². The first-order valence-electron chi connectivity index (χ1n) is 12.0. The molecule has 0 nitrogen and oxygen atoms in total. The fourth-order valence-corrected chi connectivity index (χ4v) is 11.6. The zero-order valence-corrected chi connectivity index (χ0v) is 21.0. The SMILES string of the molecule is ClP(Cc1c2ccccc2cc2ccccc12)(c1ccccc1)(c1ccccc1)c1ccccc1. The number of rotatable bonds is 5. The molecule has 0 N–H and O–H groups in total. The number of benzene rings is 6. The predicted octanol–water partition coefficient (Wildman–Crippen LogP) is 8.18. The third-order valence-corrected chi connectivity index (χ3v) is 14.4. The summed E-state index contributed by atoms with van der Waals surface area (Å²) in [5.74, 6) is -3.45. The number of fused-ring (bicyclic) bond motifs is 2. The predicted molar refractivity (Wildman–Crippen MR) is 156 cm³/mol. The Morgan fingerprint density at radius 2 is 0.771 bits per heavy atom. The third-order valence-electron chi connectivity index (χ3n) is 7.22. The molecule has 35 heavy (non-hydrogen) atoms. The Morgan fingerprint density at radius 1 is 0.429 bits per heavy atom. The van der Waals surface area contributed by atoms with Crippen LogP contribution in [-0.2, 0) is 6.16 Å². The molecule has 170 valence electrons. The number of hydrogen-bond acceptors (Lipinski definition) is 0. The van der Waals surface area contributed by atoms with E-state index >= 15 is 0 Å². The van der Waals surface area contributed by atoms with Gasteiger partial charge in [0.15, 0.2) is 0 Å². The average Bonchev–Trinajstić information content (AvgIpc) is 2.94. The molecular formula is C33H26ClP. The molecule has 2 heteroatoms. The van der Waals surface area contributed by atoms with E-state index in [-0.39, 0.29) is 0 Å². The van der Waals surface area contributed by atoms with Gasteiger partial charge in [-0.3, -0.25) is 0 Å². The van der Waals surface area contributed by atoms with Crippen molar-refractivity contribution in [3.63, 3.8) is 0 Å². The van der Waals surface area contributed by atoms with Crippen LogP contribution in [0.5, 0.6) is 0 Å². The second-order valence-electron chi connectivity index (χ2n) is 9.14. The Balaban J connectivity index is 1.78. The summed E-state index contributed by atoms with van der Waals surface area (Å²) >= 11 is 8.44. The van der Waals surface area contributed by atoms with Crippen molar-refractivity contribution >= 4 is 54.7 Å². The monoisotopic (exact) mass is 488 g/mol. The second kappa shape index (κ2) is 8.65. The van der Waals surface area contributed by atoms with Crippen LogP contribution in [0.3, 0.4) is 0 Å². The van der Waals surface area contributed by atoms with Crippen molar-refractivity contribution in [1.29, 1.82) is 0 Å². The summed E-state index contributed by atoms with van der Waals surface area (Å²) in [4.78, 5) is 0. The van der Waals surface area contributed by atoms with Crippen molar-refractivity contribution in [2.75, 3.05) is 0 Å². The van der Waals surface area contributed by atoms with Crippen LogP contribution in [0.15, 0.2) is 146 Å². The first kappa shape index (κ1) is 22.1. The van der Waals surface area contributed by atoms with Crippen LogP contribution in [0.4, 0.5) is 0 Å². The molecule has 0 saturated heterocycles. The summed E-state index contributed by atoms with van der Waals surface area (Å²) in [6.45, 7) is 0. The molecule has 0 aliphatic carbocycles. The van der Waals surface area contributed by atoms with Crippen LogP contribution in [0.25, 0.3) is 21.5 Å². The molecule has 0 fully saturated rings. The van der Waals surface area contributed by atoms with Crippen molar-refractivity contribution in [2.45, 2.75) is 6.16 Å². The van der Waals surface area contributed by atoms with Crippen molar-refractivity contribution < 1.29 is 0 Å². The van der Waals surface area contributed by atoms with E-state index in [9.17, 15) is 0 Å². The van der Waals surface area contributed by atoms with Gasteiger partial charge in [-0.15, -0.1) is 0 Å². The zero-order chi connectivity index (χ0) is 23.7. The Labute approximate surface area is 211 Å². The summed E-state index contributed by atoms with van der Waals surface area (Å²) in [6, 6.07) is 52.0. The van der Waals surface area contributed by atoms with Crippen LogP contribution in [0.2, 0.25) is 0 Å². The first-order chi connectivity index (χ1) is 17.2. The first-order valence-corrected chi connectivity index (χ1v) is 15.3. The minimum atomic E-state index is -3.45. The van der Waals surface area contributed by atoms with Gasteiger partial charge in [0.25, 0.3) is 0 Å². The zero-order valence-electron chi connectivity index (χ0n) is 19.4. The third kappa shape index (κ3) is 3.49. The average molecular weight is 489 g/mol. The molecule has 0 unspecified atom stereocenters. The second-order valence-corrected chi connectivity index (χ2v) is 15.6. The summed E-state index contributed by atoms with van der Waals surface area (Å²) < 4.78 is 0. The van der Waals surface area contributed by atoms with Gasteiger partial charge in [0.2, 0.25) is 0 Å². The fourth-order valence-electron chi connectivity index (χ4n) is 5.51. The van der Waals surface area contributed by atoms with E-state index in [1.807, 2.05) is 0 Å². The number of halogens is 1. The summed E-state index contributed by atoms with van der Waals surface area (Å²) in [7, 11) is 0. The van der Waals surface area contributed by atoms with Crippen molar-refractivity contribution in [2.24, 2.45) is 0 Å². The van der Waals surface area contributed by atoms with E-state index in [1.54, 1.807) is 0 Å². The maximum atomic E-state index is 8.44.